The highest BCUT2D eigenvalue weighted by atomic mass is 19.4. The summed E-state index contributed by atoms with van der Waals surface area (Å²) in [7, 11) is 0. The van der Waals surface area contributed by atoms with Crippen LogP contribution >= 0.6 is 0 Å². The molecule has 2 nitrogen and oxygen atoms in total. The zero-order valence-electron chi connectivity index (χ0n) is 9.84. The van der Waals surface area contributed by atoms with E-state index in [0.29, 0.717) is 18.4 Å². The summed E-state index contributed by atoms with van der Waals surface area (Å²) in [5.74, 6) is -0.216. The molecule has 5 heteroatoms. The first-order chi connectivity index (χ1) is 7.82. The van der Waals surface area contributed by atoms with Gasteiger partial charge in [-0.3, -0.25) is 0 Å². The number of hydrogen-bond acceptors (Lipinski definition) is 2. The van der Waals surface area contributed by atoms with E-state index in [4.69, 9.17) is 5.73 Å². The lowest BCUT2D eigenvalue weighted by atomic mass is 9.85. The van der Waals surface area contributed by atoms with Crippen LogP contribution in [0, 0.1) is 0 Å². The van der Waals surface area contributed by atoms with Gasteiger partial charge in [0.15, 0.2) is 0 Å². The lowest BCUT2D eigenvalue weighted by molar-refractivity contribution is -0.275. The molecule has 0 saturated carbocycles. The van der Waals surface area contributed by atoms with Gasteiger partial charge in [-0.05, 0) is 18.9 Å². The van der Waals surface area contributed by atoms with Crippen LogP contribution in [0.3, 0.4) is 0 Å². The highest BCUT2D eigenvalue weighted by Gasteiger charge is 2.35. The number of para-hydroxylation sites is 1. The van der Waals surface area contributed by atoms with Gasteiger partial charge in [-0.2, -0.15) is 0 Å². The normalized spacial score (nSPS) is 12.6. The number of hydrogen-bond donors (Lipinski definition) is 1. The van der Waals surface area contributed by atoms with Crippen molar-refractivity contribution < 1.29 is 17.9 Å². The topological polar surface area (TPSA) is 35.2 Å². The maximum atomic E-state index is 12.3. The highest BCUT2D eigenvalue weighted by Crippen LogP contribution is 2.35. The Hall–Kier alpha value is -1.23. The van der Waals surface area contributed by atoms with Gasteiger partial charge in [0, 0.05) is 11.1 Å². The van der Waals surface area contributed by atoms with Gasteiger partial charge >= 0.3 is 6.36 Å². The lowest BCUT2D eigenvalue weighted by Gasteiger charge is -2.29. The second kappa shape index (κ2) is 4.96. The molecule has 0 saturated heterocycles. The van der Waals surface area contributed by atoms with Crippen LogP contribution in [0.25, 0.3) is 0 Å². The second-order valence-corrected chi connectivity index (χ2v) is 3.91. The Morgan fingerprint density at radius 3 is 2.12 bits per heavy atom. The van der Waals surface area contributed by atoms with Crippen LogP contribution in [0.5, 0.6) is 5.75 Å². The van der Waals surface area contributed by atoms with Crippen molar-refractivity contribution >= 4 is 0 Å². The molecule has 1 aromatic rings. The first-order valence-corrected chi connectivity index (χ1v) is 5.46. The van der Waals surface area contributed by atoms with E-state index >= 15 is 0 Å². The largest absolute Gasteiger partial charge is 0.573 e. The molecule has 17 heavy (non-hydrogen) atoms. The maximum absolute atomic E-state index is 12.3. The molecule has 0 heterocycles. The molecule has 0 aliphatic rings. The number of nitrogens with two attached hydrogens (primary N) is 1. The fraction of sp³-hybridized carbons (Fsp3) is 0.500. The molecule has 0 amide bonds. The molecule has 0 spiro atoms. The summed E-state index contributed by atoms with van der Waals surface area (Å²) in [6, 6.07) is 6.02. The molecule has 0 aromatic heterocycles. The van der Waals surface area contributed by atoms with Crippen molar-refractivity contribution in [3.8, 4) is 5.75 Å². The van der Waals surface area contributed by atoms with Crippen molar-refractivity contribution in [1.82, 2.24) is 0 Å². The second-order valence-electron chi connectivity index (χ2n) is 3.91. The number of benzene rings is 1. The van der Waals surface area contributed by atoms with Crippen LogP contribution in [0.1, 0.15) is 32.3 Å². The standard InChI is InChI=1S/C12H16F3NO/c1-3-11(16,4-2)9-7-5-6-8-10(9)17-12(13,14)15/h5-8H,3-4,16H2,1-2H3. The fourth-order valence-electron chi connectivity index (χ4n) is 1.72. The van der Waals surface area contributed by atoms with Gasteiger partial charge in [-0.25, -0.2) is 0 Å². The predicted molar refractivity (Wildman–Crippen MR) is 59.6 cm³/mol. The molecule has 0 fully saturated rings. The van der Waals surface area contributed by atoms with Crippen molar-refractivity contribution in [2.75, 3.05) is 0 Å². The quantitative estimate of drug-likeness (QED) is 0.882. The van der Waals surface area contributed by atoms with Crippen LogP contribution in [0.2, 0.25) is 0 Å². The lowest BCUT2D eigenvalue weighted by Crippen LogP contribution is -2.36. The van der Waals surface area contributed by atoms with E-state index < -0.39 is 11.9 Å². The Kier molecular flexibility index (Phi) is 4.03. The number of ether oxygens (including phenoxy) is 1. The van der Waals surface area contributed by atoms with Gasteiger partial charge in [-0.1, -0.05) is 32.0 Å². The van der Waals surface area contributed by atoms with Crippen LogP contribution in [-0.2, 0) is 5.54 Å². The third-order valence-corrected chi connectivity index (χ3v) is 2.91. The maximum Gasteiger partial charge on any atom is 0.573 e. The van der Waals surface area contributed by atoms with Crippen molar-refractivity contribution in [2.24, 2.45) is 5.73 Å². The van der Waals surface area contributed by atoms with Gasteiger partial charge in [-0.15, -0.1) is 13.2 Å². The predicted octanol–water partition coefficient (Wildman–Crippen LogP) is 3.56. The zero-order chi connectivity index (χ0) is 13.1. The van der Waals surface area contributed by atoms with Crippen LogP contribution in [0.15, 0.2) is 24.3 Å². The van der Waals surface area contributed by atoms with E-state index in [2.05, 4.69) is 4.74 Å². The first kappa shape index (κ1) is 13.8. The number of alkyl halides is 3. The molecule has 0 bridgehead atoms. The molecular formula is C12H16F3NO. The Morgan fingerprint density at radius 1 is 1.12 bits per heavy atom. The van der Waals surface area contributed by atoms with E-state index in [1.54, 1.807) is 12.1 Å². The molecule has 2 N–H and O–H groups in total. The molecule has 1 aromatic carbocycles. The minimum absolute atomic E-state index is 0.216. The van der Waals surface area contributed by atoms with Crippen molar-refractivity contribution in [3.63, 3.8) is 0 Å². The van der Waals surface area contributed by atoms with Crippen LogP contribution in [-0.4, -0.2) is 6.36 Å². The van der Waals surface area contributed by atoms with Gasteiger partial charge in [0.25, 0.3) is 0 Å². The smallest absolute Gasteiger partial charge is 0.405 e. The Labute approximate surface area is 98.6 Å². The molecule has 0 aliphatic heterocycles. The van der Waals surface area contributed by atoms with Crippen molar-refractivity contribution in [2.45, 2.75) is 38.6 Å². The number of halogens is 3. The summed E-state index contributed by atoms with van der Waals surface area (Å²) < 4.78 is 40.8. The van der Waals surface area contributed by atoms with E-state index in [0.717, 1.165) is 0 Å². The summed E-state index contributed by atoms with van der Waals surface area (Å²) in [4.78, 5) is 0. The van der Waals surface area contributed by atoms with Crippen molar-refractivity contribution in [1.29, 1.82) is 0 Å². The Morgan fingerprint density at radius 2 is 1.65 bits per heavy atom. The van der Waals surface area contributed by atoms with E-state index in [1.807, 2.05) is 13.8 Å². The zero-order valence-corrected chi connectivity index (χ0v) is 9.84. The summed E-state index contributed by atoms with van der Waals surface area (Å²) in [6.45, 7) is 3.68. The van der Waals surface area contributed by atoms with E-state index in [9.17, 15) is 13.2 Å². The molecule has 0 unspecified atom stereocenters. The molecule has 96 valence electrons. The summed E-state index contributed by atoms with van der Waals surface area (Å²) in [5, 5.41) is 0. The fourth-order valence-corrected chi connectivity index (χ4v) is 1.72. The molecular weight excluding hydrogens is 231 g/mol. The molecule has 0 atom stereocenters. The van der Waals surface area contributed by atoms with Crippen molar-refractivity contribution in [3.05, 3.63) is 29.8 Å². The summed E-state index contributed by atoms with van der Waals surface area (Å²) >= 11 is 0. The Bertz CT molecular complexity index is 372. The van der Waals surface area contributed by atoms with Gasteiger partial charge in [0.2, 0.25) is 0 Å². The molecule has 0 radical (unpaired) electrons. The van der Waals surface area contributed by atoms with E-state index in [-0.39, 0.29) is 5.75 Å². The Balaban J connectivity index is 3.16. The third kappa shape index (κ3) is 3.36. The monoisotopic (exact) mass is 247 g/mol. The highest BCUT2D eigenvalue weighted by molar-refractivity contribution is 5.39. The minimum Gasteiger partial charge on any atom is -0.405 e. The summed E-state index contributed by atoms with van der Waals surface area (Å²) in [5.41, 5.74) is 5.69. The van der Waals surface area contributed by atoms with E-state index in [1.165, 1.54) is 12.1 Å². The van der Waals surface area contributed by atoms with Gasteiger partial charge < -0.3 is 10.5 Å². The number of rotatable bonds is 4. The van der Waals surface area contributed by atoms with Gasteiger partial charge in [0.05, 0.1) is 0 Å². The average Bonchev–Trinajstić information content (AvgIpc) is 2.27. The average molecular weight is 247 g/mol. The van der Waals surface area contributed by atoms with Crippen LogP contribution in [0.4, 0.5) is 13.2 Å². The first-order valence-electron chi connectivity index (χ1n) is 5.46. The SMILES string of the molecule is CCC(N)(CC)c1ccccc1OC(F)(F)F. The third-order valence-electron chi connectivity index (χ3n) is 2.91. The minimum atomic E-state index is -4.70. The molecule has 1 rings (SSSR count). The van der Waals surface area contributed by atoms with Crippen LogP contribution < -0.4 is 10.5 Å². The van der Waals surface area contributed by atoms with Gasteiger partial charge in [0.1, 0.15) is 5.75 Å². The molecule has 0 aliphatic carbocycles. The summed E-state index contributed by atoms with van der Waals surface area (Å²) in [6.07, 6.45) is -3.61.